The lowest BCUT2D eigenvalue weighted by molar-refractivity contribution is 0.289. The summed E-state index contributed by atoms with van der Waals surface area (Å²) in [7, 11) is 0. The van der Waals surface area contributed by atoms with Crippen LogP contribution >= 0.6 is 11.8 Å². The van der Waals surface area contributed by atoms with Gasteiger partial charge in [0.1, 0.15) is 5.54 Å². The van der Waals surface area contributed by atoms with Gasteiger partial charge in [-0.25, -0.2) is 0 Å². The van der Waals surface area contributed by atoms with Gasteiger partial charge >= 0.3 is 0 Å². The van der Waals surface area contributed by atoms with Gasteiger partial charge in [0.2, 0.25) is 0 Å². The van der Waals surface area contributed by atoms with Gasteiger partial charge in [-0.15, -0.1) is 0 Å². The molecule has 0 aromatic rings. The molecule has 1 rings (SSSR count). The topological polar surface area (TPSA) is 35.8 Å². The second-order valence-electron chi connectivity index (χ2n) is 6.08. The van der Waals surface area contributed by atoms with Crippen molar-refractivity contribution < 1.29 is 0 Å². The monoisotopic (exact) mass is 282 g/mol. The zero-order valence-electron chi connectivity index (χ0n) is 12.9. The third-order valence-corrected chi connectivity index (χ3v) is 5.17. The second-order valence-corrected chi connectivity index (χ2v) is 7.30. The molecule has 2 atom stereocenters. The molecule has 0 bridgehead atoms. The number of hydrogen-bond donors (Lipinski definition) is 1. The fourth-order valence-electron chi connectivity index (χ4n) is 3.13. The van der Waals surface area contributed by atoms with E-state index in [0.717, 1.165) is 6.42 Å². The summed E-state index contributed by atoms with van der Waals surface area (Å²) in [5.41, 5.74) is -0.238. The van der Waals surface area contributed by atoms with Gasteiger partial charge in [-0.05, 0) is 57.0 Å². The molecule has 0 amide bonds. The number of thioether (sulfide) groups is 1. The first-order valence-corrected chi connectivity index (χ1v) is 9.06. The summed E-state index contributed by atoms with van der Waals surface area (Å²) in [5.74, 6) is 3.06. The normalized spacial score (nSPS) is 26.8. The SMILES string of the molecule is CCCCCSCCC1CCCC1(C#N)NC(C)C. The molecule has 1 aliphatic rings. The van der Waals surface area contributed by atoms with Crippen LogP contribution in [0.15, 0.2) is 0 Å². The molecule has 1 N–H and O–H groups in total. The van der Waals surface area contributed by atoms with E-state index >= 15 is 0 Å². The van der Waals surface area contributed by atoms with Crippen LogP contribution in [0, 0.1) is 17.2 Å². The molecule has 0 heterocycles. The minimum Gasteiger partial charge on any atom is -0.297 e. The van der Waals surface area contributed by atoms with Crippen molar-refractivity contribution in [3.8, 4) is 6.07 Å². The third-order valence-electron chi connectivity index (χ3n) is 4.07. The summed E-state index contributed by atoms with van der Waals surface area (Å²) in [6.45, 7) is 6.55. The lowest BCUT2D eigenvalue weighted by Crippen LogP contribution is -2.50. The molecule has 0 spiro atoms. The summed E-state index contributed by atoms with van der Waals surface area (Å²) < 4.78 is 0. The molecule has 0 radical (unpaired) electrons. The van der Waals surface area contributed by atoms with E-state index in [4.69, 9.17) is 0 Å². The molecule has 1 fully saturated rings. The predicted octanol–water partition coefficient (Wildman–Crippen LogP) is 4.36. The van der Waals surface area contributed by atoms with Crippen LogP contribution in [0.2, 0.25) is 0 Å². The van der Waals surface area contributed by atoms with Gasteiger partial charge in [0.05, 0.1) is 6.07 Å². The maximum Gasteiger partial charge on any atom is 0.109 e. The lowest BCUT2D eigenvalue weighted by atomic mass is 9.86. The van der Waals surface area contributed by atoms with Crippen LogP contribution in [-0.2, 0) is 0 Å². The maximum absolute atomic E-state index is 9.59. The molecule has 3 heteroatoms. The van der Waals surface area contributed by atoms with Crippen LogP contribution in [0.4, 0.5) is 0 Å². The number of hydrogen-bond acceptors (Lipinski definition) is 3. The number of rotatable bonds is 9. The Morgan fingerprint density at radius 2 is 2.16 bits per heavy atom. The van der Waals surface area contributed by atoms with Crippen LogP contribution in [0.1, 0.15) is 65.7 Å². The van der Waals surface area contributed by atoms with Gasteiger partial charge in [0.15, 0.2) is 0 Å². The fourth-order valence-corrected chi connectivity index (χ4v) is 4.20. The Hall–Kier alpha value is -0.200. The van der Waals surface area contributed by atoms with Gasteiger partial charge < -0.3 is 0 Å². The minimum absolute atomic E-state index is 0.238. The molecule has 2 nitrogen and oxygen atoms in total. The van der Waals surface area contributed by atoms with Gasteiger partial charge in [-0.1, -0.05) is 26.2 Å². The van der Waals surface area contributed by atoms with E-state index in [1.807, 2.05) is 0 Å². The minimum atomic E-state index is -0.238. The first-order valence-electron chi connectivity index (χ1n) is 7.91. The highest BCUT2D eigenvalue weighted by Gasteiger charge is 2.42. The number of nitrogens with zero attached hydrogens (tertiary/aromatic N) is 1. The molecular formula is C16H30N2S. The average Bonchev–Trinajstić information content (AvgIpc) is 2.76. The molecule has 110 valence electrons. The summed E-state index contributed by atoms with van der Waals surface area (Å²) in [5, 5.41) is 13.1. The van der Waals surface area contributed by atoms with Crippen molar-refractivity contribution in [1.82, 2.24) is 5.32 Å². The Bertz CT molecular complexity index is 285. The number of unbranched alkanes of at least 4 members (excludes halogenated alkanes) is 2. The van der Waals surface area contributed by atoms with E-state index in [1.165, 1.54) is 50.0 Å². The zero-order valence-corrected chi connectivity index (χ0v) is 13.7. The fraction of sp³-hybridized carbons (Fsp3) is 0.938. The molecule has 2 unspecified atom stereocenters. The van der Waals surface area contributed by atoms with Crippen molar-refractivity contribution in [1.29, 1.82) is 5.26 Å². The van der Waals surface area contributed by atoms with Gasteiger partial charge in [-0.2, -0.15) is 17.0 Å². The Morgan fingerprint density at radius 3 is 2.79 bits per heavy atom. The van der Waals surface area contributed by atoms with E-state index < -0.39 is 0 Å². The van der Waals surface area contributed by atoms with Crippen LogP contribution in [0.25, 0.3) is 0 Å². The van der Waals surface area contributed by atoms with E-state index in [1.54, 1.807) is 0 Å². The second kappa shape index (κ2) is 8.87. The van der Waals surface area contributed by atoms with Crippen molar-refractivity contribution >= 4 is 11.8 Å². The van der Waals surface area contributed by atoms with Crippen LogP contribution in [0.5, 0.6) is 0 Å². The summed E-state index contributed by atoms with van der Waals surface area (Å²) in [6, 6.07) is 3.00. The highest BCUT2D eigenvalue weighted by molar-refractivity contribution is 7.99. The zero-order chi connectivity index (χ0) is 14.1. The first kappa shape index (κ1) is 16.9. The van der Waals surface area contributed by atoms with E-state index in [2.05, 4.69) is 43.9 Å². The highest BCUT2D eigenvalue weighted by Crippen LogP contribution is 2.38. The summed E-state index contributed by atoms with van der Waals surface area (Å²) in [6.07, 6.45) is 8.67. The molecular weight excluding hydrogens is 252 g/mol. The molecule has 0 aromatic carbocycles. The van der Waals surface area contributed by atoms with E-state index in [0.29, 0.717) is 12.0 Å². The molecule has 0 aliphatic heterocycles. The molecule has 1 saturated carbocycles. The van der Waals surface area contributed by atoms with E-state index in [9.17, 15) is 5.26 Å². The molecule has 1 aliphatic carbocycles. The highest BCUT2D eigenvalue weighted by atomic mass is 32.2. The van der Waals surface area contributed by atoms with Gasteiger partial charge in [0, 0.05) is 6.04 Å². The van der Waals surface area contributed by atoms with Gasteiger partial charge in [-0.3, -0.25) is 5.32 Å². The van der Waals surface area contributed by atoms with Gasteiger partial charge in [0.25, 0.3) is 0 Å². The van der Waals surface area contributed by atoms with Crippen LogP contribution < -0.4 is 5.32 Å². The smallest absolute Gasteiger partial charge is 0.109 e. The predicted molar refractivity (Wildman–Crippen MR) is 85.4 cm³/mol. The quantitative estimate of drug-likeness (QED) is 0.638. The van der Waals surface area contributed by atoms with Crippen LogP contribution in [0.3, 0.4) is 0 Å². The molecule has 0 aromatic heterocycles. The Morgan fingerprint density at radius 1 is 1.37 bits per heavy atom. The molecule has 19 heavy (non-hydrogen) atoms. The van der Waals surface area contributed by atoms with E-state index in [-0.39, 0.29) is 5.54 Å². The average molecular weight is 282 g/mol. The largest absolute Gasteiger partial charge is 0.297 e. The third kappa shape index (κ3) is 5.36. The van der Waals surface area contributed by atoms with Crippen molar-refractivity contribution in [2.24, 2.45) is 5.92 Å². The molecule has 0 saturated heterocycles. The Labute approximate surface area is 123 Å². The Kier molecular flexibility index (Phi) is 7.87. The summed E-state index contributed by atoms with van der Waals surface area (Å²) >= 11 is 2.07. The summed E-state index contributed by atoms with van der Waals surface area (Å²) in [4.78, 5) is 0. The maximum atomic E-state index is 9.59. The standard InChI is InChI=1S/C16H30N2S/c1-4-5-6-11-19-12-9-15-8-7-10-16(15,13-17)18-14(2)3/h14-15,18H,4-12H2,1-3H3. The lowest BCUT2D eigenvalue weighted by Gasteiger charge is -2.32. The van der Waals surface area contributed by atoms with Crippen molar-refractivity contribution in [3.63, 3.8) is 0 Å². The van der Waals surface area contributed by atoms with Crippen molar-refractivity contribution in [3.05, 3.63) is 0 Å². The Balaban J connectivity index is 2.33. The number of nitriles is 1. The number of nitrogens with one attached hydrogen (secondary N) is 1. The van der Waals surface area contributed by atoms with Crippen LogP contribution in [-0.4, -0.2) is 23.1 Å². The van der Waals surface area contributed by atoms with Crippen molar-refractivity contribution in [2.45, 2.75) is 77.3 Å². The van der Waals surface area contributed by atoms with Crippen molar-refractivity contribution in [2.75, 3.05) is 11.5 Å². The first-order chi connectivity index (χ1) is 9.14.